The summed E-state index contributed by atoms with van der Waals surface area (Å²) in [7, 11) is 0. The molecule has 1 fully saturated rings. The highest BCUT2D eigenvalue weighted by atomic mass is 35.5. The molecule has 1 heterocycles. The largest absolute Gasteiger partial charge is 0.369 e. The molecule has 0 aromatic heterocycles. The van der Waals surface area contributed by atoms with Gasteiger partial charge in [-0.2, -0.15) is 0 Å². The van der Waals surface area contributed by atoms with Gasteiger partial charge in [-0.15, -0.1) is 0 Å². The molecule has 1 aromatic rings. The Balaban J connectivity index is 1.69. The monoisotopic (exact) mass is 276 g/mol. The van der Waals surface area contributed by atoms with Gasteiger partial charge < -0.3 is 5.32 Å². The van der Waals surface area contributed by atoms with Crippen LogP contribution < -0.4 is 5.32 Å². The van der Waals surface area contributed by atoms with Crippen LogP contribution in [0.5, 0.6) is 0 Å². The van der Waals surface area contributed by atoms with Gasteiger partial charge in [0.25, 0.3) is 0 Å². The van der Waals surface area contributed by atoms with Crippen molar-refractivity contribution in [1.82, 2.24) is 5.32 Å². The summed E-state index contributed by atoms with van der Waals surface area (Å²) >= 11 is 6.05. The quantitative estimate of drug-likeness (QED) is 0.861. The second kappa shape index (κ2) is 5.33. The minimum absolute atomic E-state index is 0.0375. The molecule has 2 aliphatic rings. The van der Waals surface area contributed by atoms with Crippen molar-refractivity contribution in [3.05, 3.63) is 34.9 Å². The highest BCUT2D eigenvalue weighted by Gasteiger charge is 2.31. The Labute approximate surface area is 118 Å². The van der Waals surface area contributed by atoms with E-state index in [1.54, 1.807) is 12.1 Å². The summed E-state index contributed by atoms with van der Waals surface area (Å²) in [6.07, 6.45) is 5.14. The number of nitrogens with one attached hydrogen (secondary N) is 1. The van der Waals surface area contributed by atoms with Crippen molar-refractivity contribution < 1.29 is 4.79 Å². The van der Waals surface area contributed by atoms with Gasteiger partial charge >= 0.3 is 0 Å². The number of rotatable bonds is 3. The fourth-order valence-corrected chi connectivity index (χ4v) is 3.16. The Morgan fingerprint density at radius 1 is 1.32 bits per heavy atom. The molecule has 4 heteroatoms. The predicted molar refractivity (Wildman–Crippen MR) is 77.0 cm³/mol. The van der Waals surface area contributed by atoms with E-state index < -0.39 is 0 Å². The lowest BCUT2D eigenvalue weighted by Crippen LogP contribution is -2.37. The van der Waals surface area contributed by atoms with Crippen LogP contribution in [0.15, 0.2) is 29.3 Å². The van der Waals surface area contributed by atoms with Crippen molar-refractivity contribution in [2.75, 3.05) is 0 Å². The lowest BCUT2D eigenvalue weighted by Gasteiger charge is -2.23. The number of hydrogen-bond donors (Lipinski definition) is 1. The Bertz CT molecular complexity index is 527. The molecule has 3 rings (SSSR count). The minimum Gasteiger partial charge on any atom is -0.369 e. The normalized spacial score (nSPS) is 25.4. The van der Waals surface area contributed by atoms with Crippen LogP contribution in [0.4, 0.5) is 0 Å². The van der Waals surface area contributed by atoms with Crippen LogP contribution in [0.25, 0.3) is 0 Å². The molecule has 1 aliphatic heterocycles. The number of fused-ring (bicyclic) bond motifs is 1. The van der Waals surface area contributed by atoms with Crippen molar-refractivity contribution in [2.24, 2.45) is 4.99 Å². The van der Waals surface area contributed by atoms with E-state index in [9.17, 15) is 4.79 Å². The SMILES string of the molecule is O=C(CC1=N[C@@H]2CCCC[C@H]2N1)c1ccccc1Cl. The number of aliphatic imine (C=N–C) groups is 1. The van der Waals surface area contributed by atoms with Gasteiger partial charge in [0.15, 0.2) is 5.78 Å². The van der Waals surface area contributed by atoms with Gasteiger partial charge in [0, 0.05) is 11.6 Å². The maximum absolute atomic E-state index is 12.2. The molecule has 0 bridgehead atoms. The molecular formula is C15H17ClN2O. The second-order valence-corrected chi connectivity index (χ2v) is 5.67. The van der Waals surface area contributed by atoms with Gasteiger partial charge in [-0.3, -0.25) is 9.79 Å². The van der Waals surface area contributed by atoms with Gasteiger partial charge in [-0.05, 0) is 25.0 Å². The Morgan fingerprint density at radius 2 is 2.11 bits per heavy atom. The lowest BCUT2D eigenvalue weighted by atomic mass is 9.92. The molecule has 3 nitrogen and oxygen atoms in total. The molecule has 0 saturated heterocycles. The molecular weight excluding hydrogens is 260 g/mol. The van der Waals surface area contributed by atoms with Gasteiger partial charge in [-0.25, -0.2) is 0 Å². The molecule has 19 heavy (non-hydrogen) atoms. The fraction of sp³-hybridized carbons (Fsp3) is 0.467. The maximum Gasteiger partial charge on any atom is 0.171 e. The third-order valence-electron chi connectivity index (χ3n) is 3.91. The average molecular weight is 277 g/mol. The van der Waals surface area contributed by atoms with Crippen molar-refractivity contribution in [2.45, 2.75) is 44.2 Å². The van der Waals surface area contributed by atoms with Crippen LogP contribution in [-0.2, 0) is 0 Å². The van der Waals surface area contributed by atoms with E-state index in [0.29, 0.717) is 29.1 Å². The van der Waals surface area contributed by atoms with Gasteiger partial charge in [0.1, 0.15) is 5.84 Å². The smallest absolute Gasteiger partial charge is 0.171 e. The van der Waals surface area contributed by atoms with Gasteiger partial charge in [-0.1, -0.05) is 36.6 Å². The highest BCUT2D eigenvalue weighted by molar-refractivity contribution is 6.34. The Morgan fingerprint density at radius 3 is 2.89 bits per heavy atom. The van der Waals surface area contributed by atoms with Crippen molar-refractivity contribution in [1.29, 1.82) is 0 Å². The maximum atomic E-state index is 12.2. The van der Waals surface area contributed by atoms with E-state index in [0.717, 1.165) is 18.7 Å². The van der Waals surface area contributed by atoms with Gasteiger partial charge in [0.2, 0.25) is 0 Å². The average Bonchev–Trinajstić information content (AvgIpc) is 2.81. The van der Waals surface area contributed by atoms with E-state index in [1.807, 2.05) is 12.1 Å². The molecule has 1 aromatic carbocycles. The first-order valence-corrected chi connectivity index (χ1v) is 7.23. The van der Waals surface area contributed by atoms with E-state index in [-0.39, 0.29) is 5.78 Å². The summed E-state index contributed by atoms with van der Waals surface area (Å²) in [5.41, 5.74) is 0.587. The molecule has 1 saturated carbocycles. The van der Waals surface area contributed by atoms with Crippen LogP contribution >= 0.6 is 11.6 Å². The van der Waals surface area contributed by atoms with Gasteiger partial charge in [0.05, 0.1) is 17.5 Å². The predicted octanol–water partition coefficient (Wildman–Crippen LogP) is 3.23. The highest BCUT2D eigenvalue weighted by Crippen LogP contribution is 2.26. The number of ketones is 1. The third kappa shape index (κ3) is 2.66. The first-order valence-electron chi connectivity index (χ1n) is 6.85. The molecule has 1 aliphatic carbocycles. The van der Waals surface area contributed by atoms with Crippen LogP contribution in [0.3, 0.4) is 0 Å². The summed E-state index contributed by atoms with van der Waals surface area (Å²) in [6.45, 7) is 0. The fourth-order valence-electron chi connectivity index (χ4n) is 2.92. The van der Waals surface area contributed by atoms with Crippen LogP contribution in [0.2, 0.25) is 5.02 Å². The number of amidine groups is 1. The topological polar surface area (TPSA) is 41.5 Å². The zero-order valence-corrected chi connectivity index (χ0v) is 11.5. The molecule has 1 N–H and O–H groups in total. The molecule has 0 spiro atoms. The summed E-state index contributed by atoms with van der Waals surface area (Å²) < 4.78 is 0. The number of benzene rings is 1. The van der Waals surface area contributed by atoms with Crippen molar-refractivity contribution >= 4 is 23.2 Å². The zero-order chi connectivity index (χ0) is 13.2. The summed E-state index contributed by atoms with van der Waals surface area (Å²) in [5.74, 6) is 0.873. The lowest BCUT2D eigenvalue weighted by molar-refractivity contribution is 0.1000. The van der Waals surface area contributed by atoms with E-state index in [4.69, 9.17) is 11.6 Å². The minimum atomic E-state index is 0.0375. The van der Waals surface area contributed by atoms with Crippen molar-refractivity contribution in [3.63, 3.8) is 0 Å². The molecule has 100 valence electrons. The number of halogens is 1. The number of Topliss-reactive ketones (excluding diaryl/α,β-unsaturated/α-hetero) is 1. The van der Waals surface area contributed by atoms with E-state index in [1.165, 1.54) is 12.8 Å². The summed E-state index contributed by atoms with van der Waals surface area (Å²) in [6, 6.07) is 8.01. The number of carbonyl (C=O) groups is 1. The summed E-state index contributed by atoms with van der Waals surface area (Å²) in [5, 5.41) is 3.92. The van der Waals surface area contributed by atoms with Crippen LogP contribution in [0.1, 0.15) is 42.5 Å². The first kappa shape index (κ1) is 12.7. The number of carbonyl (C=O) groups excluding carboxylic acids is 1. The second-order valence-electron chi connectivity index (χ2n) is 5.26. The number of nitrogens with zero attached hydrogens (tertiary/aromatic N) is 1. The first-order chi connectivity index (χ1) is 9.24. The van der Waals surface area contributed by atoms with E-state index in [2.05, 4.69) is 10.3 Å². The molecule has 0 unspecified atom stereocenters. The van der Waals surface area contributed by atoms with Crippen LogP contribution in [-0.4, -0.2) is 23.7 Å². The standard InChI is InChI=1S/C15H17ClN2O/c16-11-6-2-1-5-10(11)14(19)9-15-17-12-7-3-4-8-13(12)18-15/h1-2,5-6,12-13H,3-4,7-9H2,(H,17,18)/t12-,13-/m1/s1. The number of hydrogen-bond acceptors (Lipinski definition) is 3. The molecule has 0 radical (unpaired) electrons. The molecule has 2 atom stereocenters. The Kier molecular flexibility index (Phi) is 3.56. The molecule has 0 amide bonds. The Hall–Kier alpha value is -1.35. The zero-order valence-electron chi connectivity index (χ0n) is 10.7. The van der Waals surface area contributed by atoms with E-state index >= 15 is 0 Å². The third-order valence-corrected chi connectivity index (χ3v) is 4.24. The van der Waals surface area contributed by atoms with Crippen molar-refractivity contribution in [3.8, 4) is 0 Å². The van der Waals surface area contributed by atoms with Crippen LogP contribution in [0, 0.1) is 0 Å². The summed E-state index contributed by atoms with van der Waals surface area (Å²) in [4.78, 5) is 16.9.